The van der Waals surface area contributed by atoms with Gasteiger partial charge in [0, 0.05) is 10.6 Å². The molecule has 0 bridgehead atoms. The number of rotatable bonds is 1. The highest BCUT2D eigenvalue weighted by atomic mass is 35.5. The molecule has 0 N–H and O–H groups in total. The summed E-state index contributed by atoms with van der Waals surface area (Å²) in [6, 6.07) is 20.3. The smallest absolute Gasteiger partial charge is 0.131 e. The Labute approximate surface area is 128 Å². The summed E-state index contributed by atoms with van der Waals surface area (Å²) in [5, 5.41) is 3.14. The van der Waals surface area contributed by atoms with Gasteiger partial charge in [-0.15, -0.1) is 0 Å². The van der Waals surface area contributed by atoms with E-state index in [2.05, 4.69) is 24.8 Å². The van der Waals surface area contributed by atoms with Gasteiger partial charge in [-0.1, -0.05) is 66.7 Å². The monoisotopic (exact) mass is 292 g/mol. The molecular weight excluding hydrogens is 280 g/mol. The first-order chi connectivity index (χ1) is 10.3. The third kappa shape index (κ3) is 1.85. The molecule has 1 aliphatic rings. The second-order valence-electron chi connectivity index (χ2n) is 5.22. The van der Waals surface area contributed by atoms with Crippen LogP contribution >= 0.6 is 11.6 Å². The number of halogens is 1. The summed E-state index contributed by atoms with van der Waals surface area (Å²) in [6.45, 7) is 4.09. The molecule has 1 aliphatic heterocycles. The van der Waals surface area contributed by atoms with Gasteiger partial charge in [-0.25, -0.2) is 0 Å². The molecule has 0 aliphatic carbocycles. The fourth-order valence-corrected chi connectivity index (χ4v) is 3.31. The predicted octanol–water partition coefficient (Wildman–Crippen LogP) is 5.53. The van der Waals surface area contributed by atoms with Gasteiger partial charge in [0.2, 0.25) is 0 Å². The Balaban J connectivity index is 2.03. The maximum atomic E-state index is 6.39. The number of hydrogen-bond donors (Lipinski definition) is 0. The molecule has 0 aromatic heterocycles. The van der Waals surface area contributed by atoms with Crippen LogP contribution in [-0.4, -0.2) is 0 Å². The van der Waals surface area contributed by atoms with E-state index in [1.54, 1.807) is 0 Å². The molecular formula is C19H13ClO. The molecule has 102 valence electrons. The average molecular weight is 293 g/mol. The fraction of sp³-hybridized carbons (Fsp3) is 0.0526. The molecule has 0 spiro atoms. The molecule has 0 radical (unpaired) electrons. The van der Waals surface area contributed by atoms with E-state index in [1.807, 2.05) is 42.5 Å². The average Bonchev–Trinajstić information content (AvgIpc) is 2.84. The molecule has 0 saturated heterocycles. The second-order valence-corrected chi connectivity index (χ2v) is 5.63. The molecule has 0 amide bonds. The lowest BCUT2D eigenvalue weighted by Crippen LogP contribution is -2.01. The predicted molar refractivity (Wildman–Crippen MR) is 87.0 cm³/mol. The second kappa shape index (κ2) is 4.64. The van der Waals surface area contributed by atoms with E-state index in [4.69, 9.17) is 16.3 Å². The quantitative estimate of drug-likeness (QED) is 0.573. The minimum Gasteiger partial charge on any atom is -0.461 e. The maximum absolute atomic E-state index is 6.39. The van der Waals surface area contributed by atoms with Gasteiger partial charge in [0.05, 0.1) is 5.92 Å². The summed E-state index contributed by atoms with van der Waals surface area (Å²) in [4.78, 5) is 0. The van der Waals surface area contributed by atoms with Crippen molar-refractivity contribution in [2.75, 3.05) is 0 Å². The molecule has 1 nitrogen and oxygen atoms in total. The molecule has 1 unspecified atom stereocenters. The third-order valence-corrected chi connectivity index (χ3v) is 4.34. The number of allylic oxidation sites excluding steroid dienone is 1. The lowest BCUT2D eigenvalue weighted by molar-refractivity contribution is 0.439. The summed E-state index contributed by atoms with van der Waals surface area (Å²) >= 11 is 6.39. The van der Waals surface area contributed by atoms with E-state index in [9.17, 15) is 0 Å². The van der Waals surface area contributed by atoms with E-state index in [-0.39, 0.29) is 5.92 Å². The third-order valence-electron chi connectivity index (χ3n) is 4.00. The molecule has 1 heterocycles. The molecule has 3 aromatic carbocycles. The van der Waals surface area contributed by atoms with E-state index < -0.39 is 0 Å². The SMILES string of the molecule is C=C1Oc2ccc3ccccc3c2C1c1ccccc1Cl. The minimum atomic E-state index is -0.0141. The van der Waals surface area contributed by atoms with Crippen LogP contribution in [0, 0.1) is 0 Å². The summed E-state index contributed by atoms with van der Waals surface area (Å²) in [6.07, 6.45) is 0. The zero-order valence-electron chi connectivity index (χ0n) is 11.3. The van der Waals surface area contributed by atoms with E-state index in [0.29, 0.717) is 0 Å². The van der Waals surface area contributed by atoms with Crippen molar-refractivity contribution in [2.45, 2.75) is 5.92 Å². The first-order valence-corrected chi connectivity index (χ1v) is 7.26. The van der Waals surface area contributed by atoms with Crippen molar-refractivity contribution in [3.8, 4) is 5.75 Å². The lowest BCUT2D eigenvalue weighted by Gasteiger charge is -2.14. The molecule has 1 atom stereocenters. The van der Waals surface area contributed by atoms with Crippen LogP contribution in [-0.2, 0) is 0 Å². The number of ether oxygens (including phenoxy) is 1. The molecule has 0 fully saturated rings. The van der Waals surface area contributed by atoms with Gasteiger partial charge in [-0.3, -0.25) is 0 Å². The Kier molecular flexibility index (Phi) is 2.76. The fourth-order valence-electron chi connectivity index (χ4n) is 3.06. The molecule has 3 aromatic rings. The summed E-state index contributed by atoms with van der Waals surface area (Å²) in [7, 11) is 0. The zero-order chi connectivity index (χ0) is 14.4. The summed E-state index contributed by atoms with van der Waals surface area (Å²) in [5.41, 5.74) is 2.20. The van der Waals surface area contributed by atoms with Gasteiger partial charge in [0.15, 0.2) is 0 Å². The van der Waals surface area contributed by atoms with Crippen molar-refractivity contribution < 1.29 is 4.74 Å². The molecule has 2 heteroatoms. The van der Waals surface area contributed by atoms with Gasteiger partial charge in [-0.2, -0.15) is 0 Å². The summed E-state index contributed by atoms with van der Waals surface area (Å²) in [5.74, 6) is 1.60. The highest BCUT2D eigenvalue weighted by Gasteiger charge is 2.32. The molecule has 21 heavy (non-hydrogen) atoms. The highest BCUT2D eigenvalue weighted by molar-refractivity contribution is 6.31. The first-order valence-electron chi connectivity index (χ1n) is 6.88. The van der Waals surface area contributed by atoms with Gasteiger partial charge in [-0.05, 0) is 28.5 Å². The van der Waals surface area contributed by atoms with Crippen molar-refractivity contribution in [3.63, 3.8) is 0 Å². The van der Waals surface area contributed by atoms with E-state index in [0.717, 1.165) is 27.7 Å². The maximum Gasteiger partial charge on any atom is 0.131 e. The Morgan fingerprint density at radius 3 is 2.52 bits per heavy atom. The number of benzene rings is 3. The van der Waals surface area contributed by atoms with Crippen molar-refractivity contribution in [1.29, 1.82) is 0 Å². The summed E-state index contributed by atoms with van der Waals surface area (Å²) < 4.78 is 5.88. The largest absolute Gasteiger partial charge is 0.461 e. The van der Waals surface area contributed by atoms with Crippen LogP contribution in [0.3, 0.4) is 0 Å². The Hall–Kier alpha value is -2.25. The van der Waals surface area contributed by atoms with Crippen molar-refractivity contribution >= 4 is 22.4 Å². The van der Waals surface area contributed by atoms with Crippen molar-refractivity contribution in [1.82, 2.24) is 0 Å². The Morgan fingerprint density at radius 1 is 0.905 bits per heavy atom. The van der Waals surface area contributed by atoms with Gasteiger partial charge >= 0.3 is 0 Å². The van der Waals surface area contributed by atoms with Crippen LogP contribution in [0.4, 0.5) is 0 Å². The van der Waals surface area contributed by atoms with Gasteiger partial charge in [0.1, 0.15) is 11.5 Å². The lowest BCUT2D eigenvalue weighted by atomic mass is 9.88. The van der Waals surface area contributed by atoms with E-state index in [1.165, 1.54) is 10.8 Å². The van der Waals surface area contributed by atoms with Crippen LogP contribution in [0.25, 0.3) is 10.8 Å². The van der Waals surface area contributed by atoms with E-state index >= 15 is 0 Å². The van der Waals surface area contributed by atoms with Crippen LogP contribution in [0.15, 0.2) is 73.0 Å². The standard InChI is InChI=1S/C19H13ClO/c1-12-18(15-8-4-5-9-16(15)20)19-14-7-3-2-6-13(14)10-11-17(19)21-12/h2-11,18H,1H2. The minimum absolute atomic E-state index is 0.0141. The Morgan fingerprint density at radius 2 is 1.67 bits per heavy atom. The zero-order valence-corrected chi connectivity index (χ0v) is 12.1. The van der Waals surface area contributed by atoms with Crippen molar-refractivity contribution in [3.05, 3.63) is 89.2 Å². The normalized spacial score (nSPS) is 16.8. The van der Waals surface area contributed by atoms with Crippen LogP contribution in [0.1, 0.15) is 17.0 Å². The molecule has 0 saturated carbocycles. The number of fused-ring (bicyclic) bond motifs is 3. The topological polar surface area (TPSA) is 9.23 Å². The van der Waals surface area contributed by atoms with Gasteiger partial charge in [0.25, 0.3) is 0 Å². The van der Waals surface area contributed by atoms with Crippen molar-refractivity contribution in [2.24, 2.45) is 0 Å². The van der Waals surface area contributed by atoms with Gasteiger partial charge < -0.3 is 4.74 Å². The van der Waals surface area contributed by atoms with Crippen LogP contribution < -0.4 is 4.74 Å². The first kappa shape index (κ1) is 12.5. The number of hydrogen-bond acceptors (Lipinski definition) is 1. The molecule has 4 rings (SSSR count). The Bertz CT molecular complexity index is 866. The highest BCUT2D eigenvalue weighted by Crippen LogP contribution is 2.48. The van der Waals surface area contributed by atoms with Crippen LogP contribution in [0.5, 0.6) is 5.75 Å². The van der Waals surface area contributed by atoms with Crippen LogP contribution in [0.2, 0.25) is 5.02 Å².